The number of likely N-dealkylation sites (N-methyl/N-ethyl adjacent to an activating group) is 1. The number of hydrogen-bond acceptors (Lipinski definition) is 2. The molecule has 3 heteroatoms. The Labute approximate surface area is 122 Å². The number of fused-ring (bicyclic) bond motifs is 1. The van der Waals surface area contributed by atoms with E-state index in [1.54, 1.807) is 0 Å². The maximum atomic E-state index is 3.64. The summed E-state index contributed by atoms with van der Waals surface area (Å²) >= 11 is 3.64. The summed E-state index contributed by atoms with van der Waals surface area (Å²) in [5, 5.41) is 0. The first-order valence-corrected chi connectivity index (χ1v) is 7.33. The van der Waals surface area contributed by atoms with E-state index in [2.05, 4.69) is 81.3 Å². The first-order valence-electron chi connectivity index (χ1n) is 6.54. The van der Waals surface area contributed by atoms with Crippen molar-refractivity contribution in [2.45, 2.75) is 6.54 Å². The fourth-order valence-electron chi connectivity index (χ4n) is 2.56. The first-order chi connectivity index (χ1) is 9.25. The van der Waals surface area contributed by atoms with Gasteiger partial charge in [0.15, 0.2) is 0 Å². The molecule has 0 saturated heterocycles. The molecule has 0 bridgehead atoms. The molecule has 0 saturated carbocycles. The maximum absolute atomic E-state index is 3.64. The molecule has 0 fully saturated rings. The third-order valence-corrected chi connectivity index (χ3v) is 4.43. The van der Waals surface area contributed by atoms with Crippen molar-refractivity contribution in [2.24, 2.45) is 0 Å². The number of anilines is 2. The molecular weight excluding hydrogens is 300 g/mol. The van der Waals surface area contributed by atoms with Gasteiger partial charge < -0.3 is 9.80 Å². The van der Waals surface area contributed by atoms with E-state index in [1.807, 2.05) is 0 Å². The second-order valence-electron chi connectivity index (χ2n) is 4.92. The van der Waals surface area contributed by atoms with E-state index in [0.29, 0.717) is 0 Å². The van der Waals surface area contributed by atoms with Gasteiger partial charge in [-0.1, -0.05) is 46.3 Å². The van der Waals surface area contributed by atoms with Crippen LogP contribution in [-0.4, -0.2) is 20.1 Å². The molecule has 2 aromatic rings. The number of benzene rings is 2. The minimum Gasteiger partial charge on any atom is -0.371 e. The van der Waals surface area contributed by atoms with Crippen molar-refractivity contribution in [3.05, 3.63) is 58.6 Å². The molecule has 1 aliphatic heterocycles. The number of nitrogens with zero attached hydrogens (tertiary/aromatic N) is 2. The summed E-state index contributed by atoms with van der Waals surface area (Å²) in [5.41, 5.74) is 3.98. The lowest BCUT2D eigenvalue weighted by Gasteiger charge is -2.37. The van der Waals surface area contributed by atoms with Crippen LogP contribution in [0.3, 0.4) is 0 Å². The van der Waals surface area contributed by atoms with E-state index >= 15 is 0 Å². The Bertz CT molecular complexity index is 582. The van der Waals surface area contributed by atoms with Crippen molar-refractivity contribution < 1.29 is 0 Å². The topological polar surface area (TPSA) is 6.48 Å². The molecule has 1 heterocycles. The monoisotopic (exact) mass is 316 g/mol. The van der Waals surface area contributed by atoms with Gasteiger partial charge in [-0.15, -0.1) is 0 Å². The Hall–Kier alpha value is -1.48. The van der Waals surface area contributed by atoms with Gasteiger partial charge in [-0.2, -0.15) is 0 Å². The normalized spacial score (nSPS) is 14.4. The SMILES string of the molecule is CN1CCN(Cc2ccccc2Br)c2ccccc21. The molecule has 0 amide bonds. The van der Waals surface area contributed by atoms with Gasteiger partial charge in [0.05, 0.1) is 11.4 Å². The van der Waals surface area contributed by atoms with Crippen LogP contribution in [0, 0.1) is 0 Å². The molecule has 0 N–H and O–H groups in total. The Morgan fingerprint density at radius 1 is 0.947 bits per heavy atom. The third kappa shape index (κ3) is 2.47. The van der Waals surface area contributed by atoms with E-state index in [4.69, 9.17) is 0 Å². The van der Waals surface area contributed by atoms with Gasteiger partial charge in [0.2, 0.25) is 0 Å². The number of halogens is 1. The van der Waals surface area contributed by atoms with Crippen LogP contribution in [0.15, 0.2) is 53.0 Å². The van der Waals surface area contributed by atoms with Crippen LogP contribution >= 0.6 is 15.9 Å². The van der Waals surface area contributed by atoms with Gasteiger partial charge in [0, 0.05) is 31.2 Å². The lowest BCUT2D eigenvalue weighted by molar-refractivity contribution is 0.733. The van der Waals surface area contributed by atoms with Gasteiger partial charge in [0.25, 0.3) is 0 Å². The minimum absolute atomic E-state index is 0.951. The van der Waals surface area contributed by atoms with Crippen molar-refractivity contribution >= 4 is 27.3 Å². The van der Waals surface area contributed by atoms with Crippen molar-refractivity contribution in [2.75, 3.05) is 29.9 Å². The highest BCUT2D eigenvalue weighted by molar-refractivity contribution is 9.10. The van der Waals surface area contributed by atoms with E-state index in [9.17, 15) is 0 Å². The molecule has 0 spiro atoms. The molecule has 0 aliphatic carbocycles. The lowest BCUT2D eigenvalue weighted by Crippen LogP contribution is -2.38. The van der Waals surface area contributed by atoms with Crippen LogP contribution in [0.25, 0.3) is 0 Å². The second-order valence-corrected chi connectivity index (χ2v) is 5.78. The number of hydrogen-bond donors (Lipinski definition) is 0. The van der Waals surface area contributed by atoms with Gasteiger partial charge in [0.1, 0.15) is 0 Å². The van der Waals surface area contributed by atoms with Crippen LogP contribution in [0.5, 0.6) is 0 Å². The van der Waals surface area contributed by atoms with Crippen LogP contribution in [-0.2, 0) is 6.54 Å². The average Bonchev–Trinajstić information content (AvgIpc) is 2.44. The van der Waals surface area contributed by atoms with Gasteiger partial charge in [-0.3, -0.25) is 0 Å². The Kier molecular flexibility index (Phi) is 3.47. The summed E-state index contributed by atoms with van der Waals surface area (Å²) in [6.07, 6.45) is 0. The fourth-order valence-corrected chi connectivity index (χ4v) is 2.97. The molecule has 1 aliphatic rings. The smallest absolute Gasteiger partial charge is 0.0607 e. The van der Waals surface area contributed by atoms with Crippen molar-refractivity contribution in [1.82, 2.24) is 0 Å². The van der Waals surface area contributed by atoms with Crippen LogP contribution in [0.1, 0.15) is 5.56 Å². The zero-order valence-corrected chi connectivity index (χ0v) is 12.6. The van der Waals surface area contributed by atoms with Crippen LogP contribution in [0.2, 0.25) is 0 Å². The molecule has 0 radical (unpaired) electrons. The fraction of sp³-hybridized carbons (Fsp3) is 0.250. The predicted molar refractivity (Wildman–Crippen MR) is 84.9 cm³/mol. The molecule has 98 valence electrons. The largest absolute Gasteiger partial charge is 0.371 e. The maximum Gasteiger partial charge on any atom is 0.0607 e. The van der Waals surface area contributed by atoms with E-state index in [-0.39, 0.29) is 0 Å². The summed E-state index contributed by atoms with van der Waals surface area (Å²) in [7, 11) is 2.16. The molecular formula is C16H17BrN2. The Morgan fingerprint density at radius 3 is 2.42 bits per heavy atom. The Morgan fingerprint density at radius 2 is 1.63 bits per heavy atom. The predicted octanol–water partition coefficient (Wildman–Crippen LogP) is 3.91. The van der Waals surface area contributed by atoms with Gasteiger partial charge >= 0.3 is 0 Å². The number of rotatable bonds is 2. The highest BCUT2D eigenvalue weighted by Crippen LogP contribution is 2.33. The Balaban J connectivity index is 1.91. The second kappa shape index (κ2) is 5.25. The van der Waals surface area contributed by atoms with Crippen LogP contribution in [0.4, 0.5) is 11.4 Å². The van der Waals surface area contributed by atoms with Crippen molar-refractivity contribution in [1.29, 1.82) is 0 Å². The molecule has 0 aromatic heterocycles. The summed E-state index contributed by atoms with van der Waals surface area (Å²) in [6.45, 7) is 3.09. The first kappa shape index (κ1) is 12.5. The third-order valence-electron chi connectivity index (χ3n) is 3.66. The average molecular weight is 317 g/mol. The highest BCUT2D eigenvalue weighted by atomic mass is 79.9. The minimum atomic E-state index is 0.951. The summed E-state index contributed by atoms with van der Waals surface area (Å²) in [4.78, 5) is 4.78. The molecule has 2 aromatic carbocycles. The summed E-state index contributed by atoms with van der Waals surface area (Å²) in [5.74, 6) is 0. The zero-order chi connectivity index (χ0) is 13.2. The van der Waals surface area contributed by atoms with Crippen molar-refractivity contribution in [3.63, 3.8) is 0 Å². The zero-order valence-electron chi connectivity index (χ0n) is 11.0. The lowest BCUT2D eigenvalue weighted by atomic mass is 10.1. The number of para-hydroxylation sites is 2. The highest BCUT2D eigenvalue weighted by Gasteiger charge is 2.20. The van der Waals surface area contributed by atoms with Gasteiger partial charge in [-0.25, -0.2) is 0 Å². The molecule has 0 unspecified atom stereocenters. The van der Waals surface area contributed by atoms with Crippen molar-refractivity contribution in [3.8, 4) is 0 Å². The quantitative estimate of drug-likeness (QED) is 0.829. The van der Waals surface area contributed by atoms with Gasteiger partial charge in [-0.05, 0) is 23.8 Å². The van der Waals surface area contributed by atoms with E-state index in [0.717, 1.165) is 19.6 Å². The molecule has 2 nitrogen and oxygen atoms in total. The molecule has 0 atom stereocenters. The standard InChI is InChI=1S/C16H17BrN2/c1-18-10-11-19(16-9-5-4-8-15(16)18)12-13-6-2-3-7-14(13)17/h2-9H,10-12H2,1H3. The van der Waals surface area contributed by atoms with Crippen LogP contribution < -0.4 is 9.80 Å². The molecule has 3 rings (SSSR count). The van der Waals surface area contributed by atoms with E-state index in [1.165, 1.54) is 21.4 Å². The summed E-state index contributed by atoms with van der Waals surface area (Å²) in [6, 6.07) is 17.1. The van der Waals surface area contributed by atoms with E-state index < -0.39 is 0 Å². The molecule has 19 heavy (non-hydrogen) atoms. The summed E-state index contributed by atoms with van der Waals surface area (Å²) < 4.78 is 1.19.